The maximum absolute atomic E-state index is 13.8. The third kappa shape index (κ3) is 3.35. The predicted molar refractivity (Wildman–Crippen MR) is 79.7 cm³/mol. The highest BCUT2D eigenvalue weighted by Gasteiger charge is 2.34. The van der Waals surface area contributed by atoms with E-state index in [1.807, 2.05) is 0 Å². The van der Waals surface area contributed by atoms with Crippen molar-refractivity contribution in [2.24, 2.45) is 0 Å². The van der Waals surface area contributed by atoms with Crippen LogP contribution in [0.5, 0.6) is 0 Å². The van der Waals surface area contributed by atoms with Gasteiger partial charge in [-0.1, -0.05) is 36.0 Å². The Morgan fingerprint density at radius 2 is 2.00 bits per heavy atom. The van der Waals surface area contributed by atoms with Crippen LogP contribution in [0.3, 0.4) is 0 Å². The molecule has 1 aromatic rings. The highest BCUT2D eigenvalue weighted by atomic mass is 35.5. The summed E-state index contributed by atoms with van der Waals surface area (Å²) in [4.78, 5) is -0.314. The van der Waals surface area contributed by atoms with Gasteiger partial charge in [0.25, 0.3) is 0 Å². The lowest BCUT2D eigenvalue weighted by molar-refractivity contribution is 0.186. The molecule has 0 spiro atoms. The minimum Gasteiger partial charge on any atom is -0.395 e. The second-order valence-corrected chi connectivity index (χ2v) is 7.62. The van der Waals surface area contributed by atoms with Crippen LogP contribution in [0.1, 0.15) is 25.7 Å². The molecule has 1 atom stereocenters. The molecule has 0 amide bonds. The molecule has 0 radical (unpaired) electrons. The van der Waals surface area contributed by atoms with Gasteiger partial charge in [0.1, 0.15) is 4.90 Å². The van der Waals surface area contributed by atoms with Crippen molar-refractivity contribution in [3.63, 3.8) is 0 Å². The Bertz CT molecular complexity index is 624. The van der Waals surface area contributed by atoms with E-state index in [2.05, 4.69) is 0 Å². The van der Waals surface area contributed by atoms with Gasteiger partial charge in [-0.25, -0.2) is 12.8 Å². The van der Waals surface area contributed by atoms with Crippen molar-refractivity contribution in [2.75, 3.05) is 13.2 Å². The maximum Gasteiger partial charge on any atom is 0.244 e. The van der Waals surface area contributed by atoms with E-state index in [1.165, 1.54) is 16.4 Å². The number of hydrogen-bond acceptors (Lipinski definition) is 3. The van der Waals surface area contributed by atoms with Crippen molar-refractivity contribution in [1.29, 1.82) is 0 Å². The van der Waals surface area contributed by atoms with Gasteiger partial charge in [-0.05, 0) is 25.0 Å². The first-order valence-corrected chi connectivity index (χ1v) is 8.85. The van der Waals surface area contributed by atoms with Crippen molar-refractivity contribution < 1.29 is 17.9 Å². The number of nitrogens with zero attached hydrogens (tertiary/aromatic N) is 1. The smallest absolute Gasteiger partial charge is 0.244 e. The third-order valence-corrected chi connectivity index (χ3v) is 6.39. The first-order valence-electron chi connectivity index (χ1n) is 6.65. The summed E-state index contributed by atoms with van der Waals surface area (Å²) in [7, 11) is -3.97. The Morgan fingerprint density at radius 3 is 2.67 bits per heavy atom. The van der Waals surface area contributed by atoms with Crippen LogP contribution in [0.4, 0.5) is 4.39 Å². The second kappa shape index (κ2) is 6.79. The fourth-order valence-corrected chi connectivity index (χ4v) is 4.89. The highest BCUT2D eigenvalue weighted by molar-refractivity contribution is 7.89. The number of hydrogen-bond donors (Lipinski definition) is 1. The minimum atomic E-state index is -3.97. The standard InChI is InChI=1S/C13H16Cl2FNO3S/c14-10-5-6-11(12(15)13(10)16)21(19,20)17-7-3-1-2-4-9(17)8-18/h5-6,9,18H,1-4,7-8H2. The maximum atomic E-state index is 13.8. The Labute approximate surface area is 133 Å². The Balaban J connectivity index is 2.47. The van der Waals surface area contributed by atoms with Crippen molar-refractivity contribution in [2.45, 2.75) is 36.6 Å². The fourth-order valence-electron chi connectivity index (χ4n) is 2.48. The molecule has 1 aliphatic rings. The van der Waals surface area contributed by atoms with Crippen LogP contribution in [-0.2, 0) is 10.0 Å². The van der Waals surface area contributed by atoms with Crippen LogP contribution in [-0.4, -0.2) is 37.0 Å². The van der Waals surface area contributed by atoms with E-state index in [-0.39, 0.29) is 23.1 Å². The van der Waals surface area contributed by atoms with Crippen molar-refractivity contribution in [3.05, 3.63) is 28.0 Å². The third-order valence-electron chi connectivity index (χ3n) is 3.62. The van der Waals surface area contributed by atoms with E-state index >= 15 is 0 Å². The zero-order valence-electron chi connectivity index (χ0n) is 11.2. The van der Waals surface area contributed by atoms with E-state index < -0.39 is 26.9 Å². The Hall–Kier alpha value is -0.400. The molecule has 1 aliphatic heterocycles. The lowest BCUT2D eigenvalue weighted by atomic mass is 10.1. The van der Waals surface area contributed by atoms with E-state index in [1.54, 1.807) is 0 Å². The van der Waals surface area contributed by atoms with Crippen molar-refractivity contribution >= 4 is 33.2 Å². The number of aliphatic hydroxyl groups excluding tert-OH is 1. The number of benzene rings is 1. The summed E-state index contributed by atoms with van der Waals surface area (Å²) in [6, 6.07) is 1.86. The zero-order chi connectivity index (χ0) is 15.6. The molecule has 0 aliphatic carbocycles. The quantitative estimate of drug-likeness (QED) is 0.847. The van der Waals surface area contributed by atoms with Gasteiger partial charge in [0.15, 0.2) is 5.82 Å². The van der Waals surface area contributed by atoms with E-state index in [0.29, 0.717) is 12.8 Å². The van der Waals surface area contributed by atoms with Crippen LogP contribution in [0.2, 0.25) is 10.0 Å². The molecule has 1 aromatic carbocycles. The Kier molecular flexibility index (Phi) is 5.48. The van der Waals surface area contributed by atoms with Crippen LogP contribution < -0.4 is 0 Å². The molecule has 2 rings (SSSR count). The molecule has 1 fully saturated rings. The van der Waals surface area contributed by atoms with Crippen LogP contribution in [0.15, 0.2) is 17.0 Å². The summed E-state index contributed by atoms with van der Waals surface area (Å²) in [6.45, 7) is 0.0149. The topological polar surface area (TPSA) is 57.6 Å². The molecule has 21 heavy (non-hydrogen) atoms. The summed E-state index contributed by atoms with van der Waals surface area (Å²) < 4.78 is 40.4. The molecule has 0 aromatic heterocycles. The molecular weight excluding hydrogens is 340 g/mol. The molecule has 1 heterocycles. The molecule has 1 N–H and O–H groups in total. The SMILES string of the molecule is O=S(=O)(c1ccc(Cl)c(F)c1Cl)N1CCCCCC1CO. The van der Waals surface area contributed by atoms with Gasteiger partial charge < -0.3 is 5.11 Å². The number of rotatable bonds is 3. The lowest BCUT2D eigenvalue weighted by Crippen LogP contribution is -2.42. The number of halogens is 3. The van der Waals surface area contributed by atoms with E-state index in [4.69, 9.17) is 23.2 Å². The highest BCUT2D eigenvalue weighted by Crippen LogP contribution is 2.33. The number of aliphatic hydroxyl groups is 1. The fraction of sp³-hybridized carbons (Fsp3) is 0.538. The zero-order valence-corrected chi connectivity index (χ0v) is 13.6. The van der Waals surface area contributed by atoms with Gasteiger partial charge in [0.2, 0.25) is 10.0 Å². The van der Waals surface area contributed by atoms with Crippen LogP contribution in [0, 0.1) is 5.82 Å². The second-order valence-electron chi connectivity index (χ2n) is 4.97. The average Bonchev–Trinajstić information content (AvgIpc) is 2.70. The molecule has 118 valence electrons. The molecule has 0 bridgehead atoms. The van der Waals surface area contributed by atoms with Gasteiger partial charge in [-0.2, -0.15) is 4.31 Å². The predicted octanol–water partition coefficient (Wildman–Crippen LogP) is 3.06. The van der Waals surface area contributed by atoms with Crippen LogP contribution in [0.25, 0.3) is 0 Å². The van der Waals surface area contributed by atoms with Gasteiger partial charge >= 0.3 is 0 Å². The molecule has 1 unspecified atom stereocenters. The molecule has 0 saturated carbocycles. The summed E-state index contributed by atoms with van der Waals surface area (Å²) in [5.74, 6) is -0.949. The first-order chi connectivity index (χ1) is 9.89. The summed E-state index contributed by atoms with van der Waals surface area (Å²) >= 11 is 11.4. The minimum absolute atomic E-state index is 0.228. The van der Waals surface area contributed by atoms with Gasteiger partial charge in [-0.3, -0.25) is 0 Å². The summed E-state index contributed by atoms with van der Waals surface area (Å²) in [6.07, 6.45) is 3.01. The van der Waals surface area contributed by atoms with E-state index in [0.717, 1.165) is 12.8 Å². The van der Waals surface area contributed by atoms with Crippen LogP contribution >= 0.6 is 23.2 Å². The molecule has 4 nitrogen and oxygen atoms in total. The molecular formula is C13H16Cl2FNO3S. The number of sulfonamides is 1. The largest absolute Gasteiger partial charge is 0.395 e. The average molecular weight is 356 g/mol. The Morgan fingerprint density at radius 1 is 1.29 bits per heavy atom. The lowest BCUT2D eigenvalue weighted by Gasteiger charge is -2.28. The molecule has 8 heteroatoms. The summed E-state index contributed by atoms with van der Waals surface area (Å²) in [5.41, 5.74) is 0. The van der Waals surface area contributed by atoms with Gasteiger partial charge in [-0.15, -0.1) is 0 Å². The normalized spacial score (nSPS) is 21.2. The van der Waals surface area contributed by atoms with E-state index in [9.17, 15) is 17.9 Å². The molecule has 1 saturated heterocycles. The van der Waals surface area contributed by atoms with Gasteiger partial charge in [0, 0.05) is 12.6 Å². The summed E-state index contributed by atoms with van der Waals surface area (Å²) in [5, 5.41) is 8.69. The first kappa shape index (κ1) is 17.0. The van der Waals surface area contributed by atoms with Crippen molar-refractivity contribution in [3.8, 4) is 0 Å². The van der Waals surface area contributed by atoms with Crippen molar-refractivity contribution in [1.82, 2.24) is 4.31 Å². The monoisotopic (exact) mass is 355 g/mol. The van der Waals surface area contributed by atoms with Gasteiger partial charge in [0.05, 0.1) is 16.7 Å².